The largest absolute Gasteiger partial charge is 0.379 e. The zero-order chi connectivity index (χ0) is 18.5. The Bertz CT molecular complexity index is 502. The highest BCUT2D eigenvalue weighted by Gasteiger charge is 2.09. The Balaban J connectivity index is 1.62. The number of morpholine rings is 1. The molecule has 2 N–H and O–H groups in total. The highest BCUT2D eigenvalue weighted by molar-refractivity contribution is 5.79. The molecule has 0 aliphatic carbocycles. The van der Waals surface area contributed by atoms with E-state index in [1.165, 1.54) is 5.69 Å². The fraction of sp³-hybridized carbons (Fsp3) is 0.650. The topological polar surface area (TPSA) is 52.1 Å². The number of nitrogens with one attached hydrogen (secondary N) is 2. The van der Waals surface area contributed by atoms with Crippen LogP contribution in [0.4, 0.5) is 5.69 Å². The maximum Gasteiger partial charge on any atom is 0.191 e. The summed E-state index contributed by atoms with van der Waals surface area (Å²) in [5.74, 6) is 0.928. The Morgan fingerprint density at radius 3 is 2.65 bits per heavy atom. The van der Waals surface area contributed by atoms with Crippen LogP contribution in [0.3, 0.4) is 0 Å². The average Bonchev–Trinajstić information content (AvgIpc) is 2.69. The fourth-order valence-corrected chi connectivity index (χ4v) is 2.99. The Labute approximate surface area is 158 Å². The van der Waals surface area contributed by atoms with Crippen molar-refractivity contribution in [3.8, 4) is 0 Å². The minimum absolute atomic E-state index is 0.829. The standard InChI is InChI=1S/C20H35N5O/c1-3-21-20(23-12-8-14-25-15-17-26-18-16-25)22-11-7-13-24(2)19-9-5-4-6-10-19/h4-6,9-10H,3,7-8,11-18H2,1-2H3,(H2,21,22,23). The molecular formula is C20H35N5O. The molecule has 6 nitrogen and oxygen atoms in total. The molecule has 2 rings (SSSR count). The van der Waals surface area contributed by atoms with Crippen molar-refractivity contribution in [2.75, 3.05) is 71.0 Å². The summed E-state index contributed by atoms with van der Waals surface area (Å²) in [5, 5.41) is 6.78. The zero-order valence-corrected chi connectivity index (χ0v) is 16.4. The molecular weight excluding hydrogens is 326 g/mol. The lowest BCUT2D eigenvalue weighted by Gasteiger charge is -2.26. The molecule has 0 saturated carbocycles. The van der Waals surface area contributed by atoms with E-state index in [0.717, 1.165) is 77.8 Å². The van der Waals surface area contributed by atoms with Gasteiger partial charge in [0.1, 0.15) is 0 Å². The van der Waals surface area contributed by atoms with E-state index in [9.17, 15) is 0 Å². The van der Waals surface area contributed by atoms with E-state index < -0.39 is 0 Å². The molecule has 1 aliphatic heterocycles. The number of ether oxygens (including phenoxy) is 1. The molecule has 0 radical (unpaired) electrons. The van der Waals surface area contributed by atoms with Crippen LogP contribution in [0.25, 0.3) is 0 Å². The third kappa shape index (κ3) is 8.06. The minimum atomic E-state index is 0.829. The van der Waals surface area contributed by atoms with Crippen LogP contribution in [0.1, 0.15) is 19.8 Å². The first-order valence-electron chi connectivity index (χ1n) is 9.88. The van der Waals surface area contributed by atoms with Crippen LogP contribution in [0.2, 0.25) is 0 Å². The number of nitrogens with zero attached hydrogens (tertiary/aromatic N) is 3. The van der Waals surface area contributed by atoms with Crippen molar-refractivity contribution in [2.45, 2.75) is 19.8 Å². The van der Waals surface area contributed by atoms with Crippen LogP contribution in [0.15, 0.2) is 35.3 Å². The van der Waals surface area contributed by atoms with Crippen molar-refractivity contribution in [3.05, 3.63) is 30.3 Å². The Kier molecular flexibility index (Phi) is 9.90. The van der Waals surface area contributed by atoms with Gasteiger partial charge in [-0.1, -0.05) is 18.2 Å². The molecule has 1 aromatic rings. The van der Waals surface area contributed by atoms with E-state index in [-0.39, 0.29) is 0 Å². The van der Waals surface area contributed by atoms with Gasteiger partial charge in [0, 0.05) is 52.0 Å². The van der Waals surface area contributed by atoms with Gasteiger partial charge in [0.2, 0.25) is 0 Å². The quantitative estimate of drug-likeness (QED) is 0.378. The molecule has 0 atom stereocenters. The zero-order valence-electron chi connectivity index (χ0n) is 16.4. The lowest BCUT2D eigenvalue weighted by atomic mass is 10.3. The van der Waals surface area contributed by atoms with Gasteiger partial charge in [-0.25, -0.2) is 0 Å². The van der Waals surface area contributed by atoms with E-state index >= 15 is 0 Å². The third-order valence-corrected chi connectivity index (χ3v) is 4.51. The molecule has 146 valence electrons. The van der Waals surface area contributed by atoms with Gasteiger partial charge in [0.05, 0.1) is 13.2 Å². The monoisotopic (exact) mass is 361 g/mol. The number of benzene rings is 1. The van der Waals surface area contributed by atoms with Gasteiger partial charge in [-0.15, -0.1) is 0 Å². The van der Waals surface area contributed by atoms with Gasteiger partial charge in [-0.3, -0.25) is 9.89 Å². The van der Waals surface area contributed by atoms with E-state index in [2.05, 4.69) is 64.7 Å². The van der Waals surface area contributed by atoms with E-state index in [1.54, 1.807) is 0 Å². The number of para-hydroxylation sites is 1. The summed E-state index contributed by atoms with van der Waals surface area (Å²) in [6.07, 6.45) is 2.16. The van der Waals surface area contributed by atoms with Gasteiger partial charge in [-0.05, 0) is 38.4 Å². The van der Waals surface area contributed by atoms with Crippen molar-refractivity contribution >= 4 is 11.6 Å². The molecule has 0 amide bonds. The van der Waals surface area contributed by atoms with E-state index in [0.29, 0.717) is 0 Å². The highest BCUT2D eigenvalue weighted by Crippen LogP contribution is 2.10. The van der Waals surface area contributed by atoms with Gasteiger partial charge in [0.15, 0.2) is 5.96 Å². The molecule has 1 aromatic carbocycles. The Morgan fingerprint density at radius 2 is 1.92 bits per heavy atom. The maximum absolute atomic E-state index is 5.39. The SMILES string of the molecule is CCNC(=NCCCN(C)c1ccccc1)NCCCN1CCOCC1. The normalized spacial score (nSPS) is 15.7. The van der Waals surface area contributed by atoms with Crippen molar-refractivity contribution in [1.82, 2.24) is 15.5 Å². The molecule has 1 heterocycles. The molecule has 0 bridgehead atoms. The van der Waals surface area contributed by atoms with Gasteiger partial charge >= 0.3 is 0 Å². The summed E-state index contributed by atoms with van der Waals surface area (Å²) in [7, 11) is 2.13. The number of hydrogen-bond donors (Lipinski definition) is 2. The number of rotatable bonds is 10. The van der Waals surface area contributed by atoms with Crippen molar-refractivity contribution < 1.29 is 4.74 Å². The second-order valence-corrected chi connectivity index (χ2v) is 6.61. The number of hydrogen-bond acceptors (Lipinski definition) is 4. The van der Waals surface area contributed by atoms with Crippen LogP contribution in [-0.4, -0.2) is 76.9 Å². The summed E-state index contributed by atoms with van der Waals surface area (Å²) < 4.78 is 5.39. The summed E-state index contributed by atoms with van der Waals surface area (Å²) >= 11 is 0. The average molecular weight is 362 g/mol. The maximum atomic E-state index is 5.39. The van der Waals surface area contributed by atoms with Crippen molar-refractivity contribution in [2.24, 2.45) is 4.99 Å². The number of aliphatic imine (C=N–C) groups is 1. The lowest BCUT2D eigenvalue weighted by Crippen LogP contribution is -2.40. The van der Waals surface area contributed by atoms with Crippen molar-refractivity contribution in [1.29, 1.82) is 0 Å². The first-order valence-corrected chi connectivity index (χ1v) is 9.88. The smallest absolute Gasteiger partial charge is 0.191 e. The van der Waals surface area contributed by atoms with Crippen LogP contribution >= 0.6 is 0 Å². The second-order valence-electron chi connectivity index (χ2n) is 6.61. The van der Waals surface area contributed by atoms with Crippen LogP contribution in [0, 0.1) is 0 Å². The van der Waals surface area contributed by atoms with E-state index in [1.807, 2.05) is 0 Å². The molecule has 0 spiro atoms. The molecule has 0 aromatic heterocycles. The number of anilines is 1. The molecule has 1 saturated heterocycles. The predicted octanol–water partition coefficient (Wildman–Crippen LogP) is 1.79. The Morgan fingerprint density at radius 1 is 1.15 bits per heavy atom. The lowest BCUT2D eigenvalue weighted by molar-refractivity contribution is 0.0376. The predicted molar refractivity (Wildman–Crippen MR) is 110 cm³/mol. The third-order valence-electron chi connectivity index (χ3n) is 4.51. The first kappa shape index (κ1) is 20.5. The molecule has 6 heteroatoms. The summed E-state index contributed by atoms with van der Waals surface area (Å²) in [6, 6.07) is 10.5. The van der Waals surface area contributed by atoms with Gasteiger partial charge in [-0.2, -0.15) is 0 Å². The van der Waals surface area contributed by atoms with Crippen LogP contribution in [0.5, 0.6) is 0 Å². The summed E-state index contributed by atoms with van der Waals surface area (Å²) in [5.41, 5.74) is 1.25. The van der Waals surface area contributed by atoms with Gasteiger partial charge in [0.25, 0.3) is 0 Å². The highest BCUT2D eigenvalue weighted by atomic mass is 16.5. The number of guanidine groups is 1. The molecule has 0 unspecified atom stereocenters. The van der Waals surface area contributed by atoms with Crippen LogP contribution in [-0.2, 0) is 4.74 Å². The molecule has 1 aliphatic rings. The van der Waals surface area contributed by atoms with E-state index in [4.69, 9.17) is 9.73 Å². The van der Waals surface area contributed by atoms with Gasteiger partial charge < -0.3 is 20.3 Å². The molecule has 26 heavy (non-hydrogen) atoms. The fourth-order valence-electron chi connectivity index (χ4n) is 2.99. The van der Waals surface area contributed by atoms with Crippen molar-refractivity contribution in [3.63, 3.8) is 0 Å². The minimum Gasteiger partial charge on any atom is -0.379 e. The first-order chi connectivity index (χ1) is 12.8. The second kappa shape index (κ2) is 12.5. The summed E-state index contributed by atoms with van der Waals surface area (Å²) in [6.45, 7) is 10.8. The van der Waals surface area contributed by atoms with Crippen LogP contribution < -0.4 is 15.5 Å². The summed E-state index contributed by atoms with van der Waals surface area (Å²) in [4.78, 5) is 9.44. The Hall–Kier alpha value is -1.79. The molecule has 1 fully saturated rings.